The van der Waals surface area contributed by atoms with Crippen LogP contribution in [0.1, 0.15) is 78.8 Å². The number of hydrogen-bond donors (Lipinski definition) is 0. The minimum Gasteiger partial charge on any atom is -0.0726 e. The Hall–Kier alpha value is -2.60. The first kappa shape index (κ1) is 23.2. The molecule has 0 nitrogen and oxygen atoms in total. The van der Waals surface area contributed by atoms with Gasteiger partial charge in [-0.15, -0.1) is 0 Å². The van der Waals surface area contributed by atoms with Crippen LogP contribution in [0, 0.1) is 38.5 Å². The normalized spacial score (nSPS) is 24.1. The van der Waals surface area contributed by atoms with E-state index in [4.69, 9.17) is 0 Å². The van der Waals surface area contributed by atoms with E-state index in [0.29, 0.717) is 5.92 Å². The van der Waals surface area contributed by atoms with Crippen molar-refractivity contribution in [1.82, 2.24) is 0 Å². The van der Waals surface area contributed by atoms with E-state index < -0.39 is 0 Å². The van der Waals surface area contributed by atoms with Gasteiger partial charge in [-0.2, -0.15) is 0 Å². The Morgan fingerprint density at radius 3 is 2.12 bits per heavy atom. The van der Waals surface area contributed by atoms with Gasteiger partial charge in [0, 0.05) is 5.92 Å². The molecule has 0 amide bonds. The Labute approximate surface area is 207 Å². The van der Waals surface area contributed by atoms with Gasteiger partial charge in [-0.25, -0.2) is 0 Å². The van der Waals surface area contributed by atoms with E-state index in [-0.39, 0.29) is 0 Å². The minimum absolute atomic E-state index is 0.386. The first-order valence-corrected chi connectivity index (χ1v) is 13.4. The lowest BCUT2D eigenvalue weighted by Crippen LogP contribution is -2.17. The van der Waals surface area contributed by atoms with E-state index in [1.807, 2.05) is 0 Å². The highest BCUT2D eigenvalue weighted by molar-refractivity contribution is 5.79. The Bertz CT molecular complexity index is 1150. The fraction of sp³-hybridized carbons (Fsp3) is 0.412. The second-order valence-electron chi connectivity index (χ2n) is 11.3. The Morgan fingerprint density at radius 2 is 1.47 bits per heavy atom. The molecule has 1 unspecified atom stereocenters. The molecule has 0 spiro atoms. The van der Waals surface area contributed by atoms with Crippen LogP contribution in [0.15, 0.2) is 77.9 Å². The summed E-state index contributed by atoms with van der Waals surface area (Å²) in [4.78, 5) is 0. The van der Waals surface area contributed by atoms with Crippen molar-refractivity contribution >= 4 is 5.57 Å². The van der Waals surface area contributed by atoms with Crippen LogP contribution in [-0.4, -0.2) is 0 Å². The Morgan fingerprint density at radius 1 is 0.794 bits per heavy atom. The number of allylic oxidation sites excluding steroid dienone is 8. The third-order valence-electron chi connectivity index (χ3n) is 8.91. The van der Waals surface area contributed by atoms with E-state index in [0.717, 1.165) is 24.2 Å². The van der Waals surface area contributed by atoms with Crippen LogP contribution in [0.4, 0.5) is 0 Å². The zero-order valence-electron chi connectivity index (χ0n) is 21.7. The largest absolute Gasteiger partial charge is 0.0726 e. The van der Waals surface area contributed by atoms with Crippen LogP contribution >= 0.6 is 0 Å². The highest BCUT2D eigenvalue weighted by atomic mass is 14.3. The lowest BCUT2D eigenvalue weighted by atomic mass is 9.74. The van der Waals surface area contributed by atoms with Crippen LogP contribution in [0.2, 0.25) is 0 Å². The first-order chi connectivity index (χ1) is 16.4. The molecule has 34 heavy (non-hydrogen) atoms. The maximum Gasteiger partial charge on any atom is 0.0281 e. The van der Waals surface area contributed by atoms with Gasteiger partial charge in [0.05, 0.1) is 0 Å². The van der Waals surface area contributed by atoms with E-state index in [1.165, 1.54) is 70.2 Å². The molecule has 176 valence electrons. The number of benzene rings is 2. The second-order valence-corrected chi connectivity index (χ2v) is 11.3. The molecule has 1 saturated carbocycles. The van der Waals surface area contributed by atoms with Crippen molar-refractivity contribution in [2.45, 2.75) is 72.6 Å². The average molecular weight is 449 g/mol. The molecule has 3 aliphatic carbocycles. The van der Waals surface area contributed by atoms with Gasteiger partial charge in [-0.05, 0) is 121 Å². The van der Waals surface area contributed by atoms with Crippen molar-refractivity contribution in [1.29, 1.82) is 0 Å². The standard InChI is InChI=1S/C34H40/c1-22(2)27-13-15-29(16-14-27)28-11-9-26(10-12-28)21-30-17-18-33(34-8-6-7-32(30)34)31-19-23(3)25(5)24(4)20-31/h6-12,17-20,22,27,29,34H,13-16,21H2,1-5H3. The smallest absolute Gasteiger partial charge is 0.0281 e. The summed E-state index contributed by atoms with van der Waals surface area (Å²) in [5.41, 5.74) is 12.9. The molecular weight excluding hydrogens is 408 g/mol. The van der Waals surface area contributed by atoms with Crippen LogP contribution < -0.4 is 0 Å². The van der Waals surface area contributed by atoms with Crippen molar-refractivity contribution in [3.8, 4) is 0 Å². The minimum atomic E-state index is 0.386. The van der Waals surface area contributed by atoms with Gasteiger partial charge in [-0.3, -0.25) is 0 Å². The van der Waals surface area contributed by atoms with E-state index in [2.05, 4.69) is 101 Å². The highest BCUT2D eigenvalue weighted by Crippen LogP contribution is 2.42. The summed E-state index contributed by atoms with van der Waals surface area (Å²) in [7, 11) is 0. The fourth-order valence-electron chi connectivity index (χ4n) is 6.33. The monoisotopic (exact) mass is 448 g/mol. The molecule has 0 aliphatic heterocycles. The van der Waals surface area contributed by atoms with E-state index in [1.54, 1.807) is 5.56 Å². The quantitative estimate of drug-likeness (QED) is 0.427. The van der Waals surface area contributed by atoms with Crippen molar-refractivity contribution < 1.29 is 0 Å². The lowest BCUT2D eigenvalue weighted by Gasteiger charge is -2.31. The third-order valence-corrected chi connectivity index (χ3v) is 8.91. The van der Waals surface area contributed by atoms with Crippen molar-refractivity contribution in [3.05, 3.63) is 111 Å². The molecule has 2 aromatic rings. The van der Waals surface area contributed by atoms with E-state index in [9.17, 15) is 0 Å². The van der Waals surface area contributed by atoms with Crippen molar-refractivity contribution in [2.75, 3.05) is 0 Å². The van der Waals surface area contributed by atoms with Crippen LogP contribution in [0.3, 0.4) is 0 Å². The molecule has 3 aliphatic rings. The predicted octanol–water partition coefficient (Wildman–Crippen LogP) is 9.22. The number of hydrogen-bond acceptors (Lipinski definition) is 0. The average Bonchev–Trinajstić information content (AvgIpc) is 3.33. The van der Waals surface area contributed by atoms with Gasteiger partial charge in [0.1, 0.15) is 0 Å². The zero-order chi connectivity index (χ0) is 23.8. The molecular formula is C34H40. The SMILES string of the molecule is Cc1cc(C2=CC=C(Cc3ccc(C4CCC(C(C)C)CC4)cc3)C3=CC=CC32)cc(C)c1C. The molecule has 0 radical (unpaired) electrons. The van der Waals surface area contributed by atoms with Gasteiger partial charge < -0.3 is 0 Å². The van der Waals surface area contributed by atoms with Gasteiger partial charge in [0.25, 0.3) is 0 Å². The van der Waals surface area contributed by atoms with Gasteiger partial charge >= 0.3 is 0 Å². The first-order valence-electron chi connectivity index (χ1n) is 13.4. The molecule has 2 aromatic carbocycles. The molecule has 1 atom stereocenters. The third kappa shape index (κ3) is 4.52. The summed E-state index contributed by atoms with van der Waals surface area (Å²) < 4.78 is 0. The molecule has 0 aromatic heterocycles. The maximum atomic E-state index is 2.41. The topological polar surface area (TPSA) is 0 Å². The molecule has 0 saturated heterocycles. The van der Waals surface area contributed by atoms with Gasteiger partial charge in [0.15, 0.2) is 0 Å². The predicted molar refractivity (Wildman–Crippen MR) is 147 cm³/mol. The second kappa shape index (κ2) is 9.57. The van der Waals surface area contributed by atoms with Crippen molar-refractivity contribution in [2.24, 2.45) is 17.8 Å². The molecule has 0 bridgehead atoms. The van der Waals surface area contributed by atoms with Crippen molar-refractivity contribution in [3.63, 3.8) is 0 Å². The number of rotatable bonds is 5. The number of fused-ring (bicyclic) bond motifs is 1. The van der Waals surface area contributed by atoms with Crippen LogP contribution in [0.25, 0.3) is 5.57 Å². The summed E-state index contributed by atoms with van der Waals surface area (Å²) in [5, 5.41) is 0. The van der Waals surface area contributed by atoms with Crippen LogP contribution in [-0.2, 0) is 6.42 Å². The number of aryl methyl sites for hydroxylation is 2. The van der Waals surface area contributed by atoms with Crippen LogP contribution in [0.5, 0.6) is 0 Å². The molecule has 0 N–H and O–H groups in total. The molecule has 5 rings (SSSR count). The molecule has 0 heteroatoms. The highest BCUT2D eigenvalue weighted by Gasteiger charge is 2.27. The Kier molecular flexibility index (Phi) is 6.52. The zero-order valence-corrected chi connectivity index (χ0v) is 21.7. The summed E-state index contributed by atoms with van der Waals surface area (Å²) in [6, 6.07) is 14.3. The lowest BCUT2D eigenvalue weighted by molar-refractivity contribution is 0.259. The summed E-state index contributed by atoms with van der Waals surface area (Å²) in [6.45, 7) is 11.5. The summed E-state index contributed by atoms with van der Waals surface area (Å²) >= 11 is 0. The maximum absolute atomic E-state index is 2.41. The van der Waals surface area contributed by atoms with Gasteiger partial charge in [-0.1, -0.05) is 80.6 Å². The molecule has 0 heterocycles. The summed E-state index contributed by atoms with van der Waals surface area (Å²) in [5.74, 6) is 2.91. The van der Waals surface area contributed by atoms with Gasteiger partial charge in [0.2, 0.25) is 0 Å². The summed E-state index contributed by atoms with van der Waals surface area (Å²) in [6.07, 6.45) is 18.2. The fourth-order valence-corrected chi connectivity index (χ4v) is 6.33. The van der Waals surface area contributed by atoms with E-state index >= 15 is 0 Å². The molecule has 1 fully saturated rings. The Balaban J connectivity index is 1.32.